The van der Waals surface area contributed by atoms with Crippen LogP contribution in [0.2, 0.25) is 0 Å². The molecule has 1 heterocycles. The first-order valence-electron chi connectivity index (χ1n) is 7.19. The average Bonchev–Trinajstić information content (AvgIpc) is 2.97. The maximum absolute atomic E-state index is 4.03. The van der Waals surface area contributed by atoms with Crippen molar-refractivity contribution in [3.63, 3.8) is 0 Å². The van der Waals surface area contributed by atoms with Gasteiger partial charge < -0.3 is 5.32 Å². The monoisotopic (exact) mass is 257 g/mol. The molecule has 0 unspecified atom stereocenters. The molecule has 0 fully saturated rings. The van der Waals surface area contributed by atoms with E-state index in [9.17, 15) is 0 Å². The van der Waals surface area contributed by atoms with Gasteiger partial charge in [-0.2, -0.15) is 5.10 Å². The molecule has 0 aliphatic rings. The number of rotatable bonds is 8. The third-order valence-electron chi connectivity index (χ3n) is 3.35. The third kappa shape index (κ3) is 4.21. The Labute approximate surface area is 115 Å². The van der Waals surface area contributed by atoms with Gasteiger partial charge in [0.2, 0.25) is 0 Å². The van der Waals surface area contributed by atoms with Crippen molar-refractivity contribution in [3.05, 3.63) is 42.2 Å². The van der Waals surface area contributed by atoms with E-state index in [1.165, 1.54) is 36.0 Å². The molecule has 0 aliphatic heterocycles. The predicted octanol–water partition coefficient (Wildman–Crippen LogP) is 3.40. The van der Waals surface area contributed by atoms with Crippen molar-refractivity contribution >= 4 is 0 Å². The SMILES string of the molecule is CCCCCNCCc1ccccc1-c1cn[nH]c1. The molecule has 0 amide bonds. The fourth-order valence-electron chi connectivity index (χ4n) is 2.27. The third-order valence-corrected chi connectivity index (χ3v) is 3.35. The van der Waals surface area contributed by atoms with Crippen LogP contribution in [0.5, 0.6) is 0 Å². The summed E-state index contributed by atoms with van der Waals surface area (Å²) in [5.41, 5.74) is 3.83. The normalized spacial score (nSPS) is 10.8. The van der Waals surface area contributed by atoms with Crippen molar-refractivity contribution < 1.29 is 0 Å². The molecule has 2 N–H and O–H groups in total. The number of benzene rings is 1. The zero-order chi connectivity index (χ0) is 13.3. The van der Waals surface area contributed by atoms with Crippen LogP contribution >= 0.6 is 0 Å². The Balaban J connectivity index is 1.87. The predicted molar refractivity (Wildman–Crippen MR) is 80.1 cm³/mol. The van der Waals surface area contributed by atoms with E-state index in [0.29, 0.717) is 0 Å². The fourth-order valence-corrected chi connectivity index (χ4v) is 2.27. The Morgan fingerprint density at radius 2 is 2.05 bits per heavy atom. The summed E-state index contributed by atoms with van der Waals surface area (Å²) in [4.78, 5) is 0. The van der Waals surface area contributed by atoms with Crippen LogP contribution in [0.15, 0.2) is 36.7 Å². The van der Waals surface area contributed by atoms with Crippen LogP contribution in [0.1, 0.15) is 31.7 Å². The van der Waals surface area contributed by atoms with E-state index in [1.54, 1.807) is 0 Å². The molecular formula is C16H23N3. The first kappa shape index (κ1) is 13.8. The minimum atomic E-state index is 1.04. The van der Waals surface area contributed by atoms with Crippen molar-refractivity contribution in [3.8, 4) is 11.1 Å². The molecule has 0 aliphatic carbocycles. The molecule has 0 radical (unpaired) electrons. The van der Waals surface area contributed by atoms with Crippen molar-refractivity contribution in [2.45, 2.75) is 32.6 Å². The minimum Gasteiger partial charge on any atom is -0.316 e. The number of hydrogen-bond donors (Lipinski definition) is 2. The number of H-pyrrole nitrogens is 1. The number of aromatic nitrogens is 2. The molecule has 0 saturated carbocycles. The summed E-state index contributed by atoms with van der Waals surface area (Å²) in [7, 11) is 0. The van der Waals surface area contributed by atoms with Gasteiger partial charge in [-0.1, -0.05) is 44.0 Å². The highest BCUT2D eigenvalue weighted by atomic mass is 15.1. The van der Waals surface area contributed by atoms with E-state index in [1.807, 2.05) is 12.4 Å². The zero-order valence-corrected chi connectivity index (χ0v) is 11.7. The quantitative estimate of drug-likeness (QED) is 0.712. The summed E-state index contributed by atoms with van der Waals surface area (Å²) < 4.78 is 0. The van der Waals surface area contributed by atoms with Crippen LogP contribution in [0.25, 0.3) is 11.1 Å². The van der Waals surface area contributed by atoms with E-state index in [-0.39, 0.29) is 0 Å². The van der Waals surface area contributed by atoms with Gasteiger partial charge in [-0.25, -0.2) is 0 Å². The topological polar surface area (TPSA) is 40.7 Å². The summed E-state index contributed by atoms with van der Waals surface area (Å²) in [5.74, 6) is 0. The van der Waals surface area contributed by atoms with Crippen molar-refractivity contribution in [1.82, 2.24) is 15.5 Å². The molecule has 0 saturated heterocycles. The van der Waals surface area contributed by atoms with Gasteiger partial charge >= 0.3 is 0 Å². The second kappa shape index (κ2) is 7.74. The van der Waals surface area contributed by atoms with Crippen molar-refractivity contribution in [2.75, 3.05) is 13.1 Å². The van der Waals surface area contributed by atoms with Crippen LogP contribution in [-0.2, 0) is 6.42 Å². The van der Waals surface area contributed by atoms with Crippen LogP contribution in [-0.4, -0.2) is 23.3 Å². The smallest absolute Gasteiger partial charge is 0.0565 e. The van der Waals surface area contributed by atoms with Gasteiger partial charge in [0.1, 0.15) is 0 Å². The zero-order valence-electron chi connectivity index (χ0n) is 11.7. The van der Waals surface area contributed by atoms with Gasteiger partial charge in [-0.05, 0) is 37.1 Å². The lowest BCUT2D eigenvalue weighted by molar-refractivity contribution is 0.617. The summed E-state index contributed by atoms with van der Waals surface area (Å²) in [6.45, 7) is 4.40. The van der Waals surface area contributed by atoms with E-state index in [4.69, 9.17) is 0 Å². The molecule has 3 heteroatoms. The number of aromatic amines is 1. The molecule has 2 rings (SSSR count). The first-order valence-corrected chi connectivity index (χ1v) is 7.19. The number of nitrogens with zero attached hydrogens (tertiary/aromatic N) is 1. The molecular weight excluding hydrogens is 234 g/mol. The highest BCUT2D eigenvalue weighted by molar-refractivity contribution is 5.65. The maximum Gasteiger partial charge on any atom is 0.0565 e. The van der Waals surface area contributed by atoms with Crippen LogP contribution in [0.4, 0.5) is 0 Å². The Hall–Kier alpha value is -1.61. The van der Waals surface area contributed by atoms with Gasteiger partial charge in [-0.3, -0.25) is 5.10 Å². The molecule has 1 aromatic carbocycles. The standard InChI is InChI=1S/C16H23N3/c1-2-3-6-10-17-11-9-14-7-4-5-8-16(14)15-12-18-19-13-15/h4-5,7-8,12-13,17H,2-3,6,9-11H2,1H3,(H,18,19). The van der Waals surface area contributed by atoms with E-state index < -0.39 is 0 Å². The van der Waals surface area contributed by atoms with E-state index in [2.05, 4.69) is 46.7 Å². The Morgan fingerprint density at radius 1 is 1.16 bits per heavy atom. The number of unbranched alkanes of at least 4 members (excludes halogenated alkanes) is 2. The number of hydrogen-bond acceptors (Lipinski definition) is 2. The fraction of sp³-hybridized carbons (Fsp3) is 0.438. The second-order valence-corrected chi connectivity index (χ2v) is 4.85. The van der Waals surface area contributed by atoms with Gasteiger partial charge in [0.25, 0.3) is 0 Å². The summed E-state index contributed by atoms with van der Waals surface area (Å²) in [6, 6.07) is 8.56. The highest BCUT2D eigenvalue weighted by Gasteiger charge is 2.04. The minimum absolute atomic E-state index is 1.04. The molecule has 19 heavy (non-hydrogen) atoms. The largest absolute Gasteiger partial charge is 0.316 e. The second-order valence-electron chi connectivity index (χ2n) is 4.85. The maximum atomic E-state index is 4.03. The van der Waals surface area contributed by atoms with Gasteiger partial charge in [0, 0.05) is 11.8 Å². The van der Waals surface area contributed by atoms with Gasteiger partial charge in [0.05, 0.1) is 6.20 Å². The summed E-state index contributed by atoms with van der Waals surface area (Å²) in [6.07, 6.45) is 8.78. The lowest BCUT2D eigenvalue weighted by atomic mass is 10.0. The molecule has 102 valence electrons. The van der Waals surface area contributed by atoms with E-state index >= 15 is 0 Å². The first-order chi connectivity index (χ1) is 9.42. The van der Waals surface area contributed by atoms with Crippen LogP contribution < -0.4 is 5.32 Å². The Bertz CT molecular complexity index is 463. The lowest BCUT2D eigenvalue weighted by Gasteiger charge is -2.08. The molecule has 0 atom stereocenters. The molecule has 0 bridgehead atoms. The van der Waals surface area contributed by atoms with E-state index in [0.717, 1.165) is 19.5 Å². The van der Waals surface area contributed by atoms with Crippen LogP contribution in [0, 0.1) is 0 Å². The van der Waals surface area contributed by atoms with Crippen molar-refractivity contribution in [2.24, 2.45) is 0 Å². The molecule has 1 aromatic heterocycles. The van der Waals surface area contributed by atoms with Gasteiger partial charge in [-0.15, -0.1) is 0 Å². The Kier molecular flexibility index (Phi) is 5.63. The lowest BCUT2D eigenvalue weighted by Crippen LogP contribution is -2.18. The van der Waals surface area contributed by atoms with Crippen LogP contribution in [0.3, 0.4) is 0 Å². The number of nitrogens with one attached hydrogen (secondary N) is 2. The molecule has 2 aromatic rings. The van der Waals surface area contributed by atoms with Gasteiger partial charge in [0.15, 0.2) is 0 Å². The summed E-state index contributed by atoms with van der Waals surface area (Å²) in [5, 5.41) is 10.4. The molecule has 0 spiro atoms. The Morgan fingerprint density at radius 3 is 2.84 bits per heavy atom. The average molecular weight is 257 g/mol. The highest BCUT2D eigenvalue weighted by Crippen LogP contribution is 2.22. The van der Waals surface area contributed by atoms with Crippen molar-refractivity contribution in [1.29, 1.82) is 0 Å². The molecule has 3 nitrogen and oxygen atoms in total. The summed E-state index contributed by atoms with van der Waals surface area (Å²) >= 11 is 0.